The molecule has 0 aromatic rings. The molecule has 1 aliphatic rings. The molecule has 0 heterocycles. The lowest BCUT2D eigenvalue weighted by Crippen LogP contribution is -2.56. The molecule has 0 unspecified atom stereocenters. The average molecular weight is 251 g/mol. The second-order valence-corrected chi connectivity index (χ2v) is 6.37. The van der Waals surface area contributed by atoms with Crippen LogP contribution in [0.5, 0.6) is 0 Å². The van der Waals surface area contributed by atoms with E-state index < -0.39 is 5.54 Å². The smallest absolute Gasteiger partial charge is 0.316 e. The summed E-state index contributed by atoms with van der Waals surface area (Å²) in [5.74, 6) is 0.707. The highest BCUT2D eigenvalue weighted by Gasteiger charge is 2.36. The number of nitrogens with zero attached hydrogens (tertiary/aromatic N) is 1. The molecule has 2 amide bonds. The fourth-order valence-corrected chi connectivity index (χ4v) is 2.43. The van der Waals surface area contributed by atoms with Crippen molar-refractivity contribution in [2.45, 2.75) is 70.9 Å². The highest BCUT2D eigenvalue weighted by Crippen LogP contribution is 2.33. The number of urea groups is 1. The van der Waals surface area contributed by atoms with E-state index in [1.165, 1.54) is 0 Å². The van der Waals surface area contributed by atoms with E-state index in [-0.39, 0.29) is 11.6 Å². The van der Waals surface area contributed by atoms with Crippen LogP contribution in [0.25, 0.3) is 0 Å². The number of amides is 2. The van der Waals surface area contributed by atoms with E-state index >= 15 is 0 Å². The summed E-state index contributed by atoms with van der Waals surface area (Å²) in [4.78, 5) is 11.9. The summed E-state index contributed by atoms with van der Waals surface area (Å²) < 4.78 is 0. The van der Waals surface area contributed by atoms with Crippen LogP contribution in [0, 0.1) is 17.2 Å². The fourth-order valence-electron chi connectivity index (χ4n) is 2.43. The topological polar surface area (TPSA) is 64.9 Å². The van der Waals surface area contributed by atoms with Crippen molar-refractivity contribution < 1.29 is 4.79 Å². The number of rotatable bonds is 2. The van der Waals surface area contributed by atoms with Crippen molar-refractivity contribution in [3.63, 3.8) is 0 Å². The van der Waals surface area contributed by atoms with Crippen LogP contribution in [-0.2, 0) is 0 Å². The molecule has 0 spiro atoms. The lowest BCUT2D eigenvalue weighted by atomic mass is 9.76. The molecule has 0 bridgehead atoms. The number of carbonyl (C=O) groups excluding carboxylic acids is 1. The highest BCUT2D eigenvalue weighted by molar-refractivity contribution is 5.76. The Morgan fingerprint density at radius 2 is 1.94 bits per heavy atom. The monoisotopic (exact) mass is 251 g/mol. The van der Waals surface area contributed by atoms with Gasteiger partial charge in [0.05, 0.1) is 6.07 Å². The number of nitrogens with one attached hydrogen (secondary N) is 2. The molecule has 0 atom stereocenters. The van der Waals surface area contributed by atoms with Crippen LogP contribution in [0.1, 0.15) is 59.8 Å². The van der Waals surface area contributed by atoms with E-state index in [1.807, 2.05) is 20.8 Å². The minimum absolute atomic E-state index is 0.237. The summed E-state index contributed by atoms with van der Waals surface area (Å²) in [6, 6.07) is 2.07. The maximum Gasteiger partial charge on any atom is 0.316 e. The van der Waals surface area contributed by atoms with E-state index in [2.05, 4.69) is 23.6 Å². The Hall–Kier alpha value is -1.24. The molecule has 4 heteroatoms. The summed E-state index contributed by atoms with van der Waals surface area (Å²) >= 11 is 0. The zero-order valence-electron chi connectivity index (χ0n) is 12.0. The lowest BCUT2D eigenvalue weighted by Gasteiger charge is -2.36. The van der Waals surface area contributed by atoms with Crippen LogP contribution >= 0.6 is 0 Å². The molecule has 1 fully saturated rings. The van der Waals surface area contributed by atoms with Gasteiger partial charge in [-0.3, -0.25) is 0 Å². The Kier molecular flexibility index (Phi) is 4.61. The van der Waals surface area contributed by atoms with Crippen LogP contribution in [-0.4, -0.2) is 17.1 Å². The van der Waals surface area contributed by atoms with Gasteiger partial charge < -0.3 is 10.6 Å². The van der Waals surface area contributed by atoms with Gasteiger partial charge in [0.2, 0.25) is 0 Å². The Bertz CT molecular complexity index is 330. The van der Waals surface area contributed by atoms with Gasteiger partial charge in [0, 0.05) is 5.54 Å². The molecule has 102 valence electrons. The number of nitriles is 1. The van der Waals surface area contributed by atoms with Gasteiger partial charge in [-0.2, -0.15) is 5.26 Å². The van der Waals surface area contributed by atoms with Crippen molar-refractivity contribution in [1.82, 2.24) is 10.6 Å². The van der Waals surface area contributed by atoms with Crippen molar-refractivity contribution in [1.29, 1.82) is 5.26 Å². The van der Waals surface area contributed by atoms with E-state index in [0.717, 1.165) is 32.1 Å². The van der Waals surface area contributed by atoms with Gasteiger partial charge in [-0.05, 0) is 52.4 Å². The Labute approximate surface area is 110 Å². The minimum Gasteiger partial charge on any atom is -0.334 e. The predicted octanol–water partition coefficient (Wildman–Crippen LogP) is 2.95. The summed E-state index contributed by atoms with van der Waals surface area (Å²) in [5, 5.41) is 15.1. The Morgan fingerprint density at radius 1 is 1.39 bits per heavy atom. The van der Waals surface area contributed by atoms with Gasteiger partial charge in [0.1, 0.15) is 5.54 Å². The van der Waals surface area contributed by atoms with E-state index in [1.54, 1.807) is 0 Å². The first-order valence-corrected chi connectivity index (χ1v) is 6.82. The molecule has 0 aromatic heterocycles. The number of hydrogen-bond donors (Lipinski definition) is 2. The first-order valence-electron chi connectivity index (χ1n) is 6.82. The van der Waals surface area contributed by atoms with Gasteiger partial charge in [-0.15, -0.1) is 0 Å². The van der Waals surface area contributed by atoms with Crippen LogP contribution in [0.3, 0.4) is 0 Å². The third-order valence-corrected chi connectivity index (χ3v) is 3.59. The first-order chi connectivity index (χ1) is 8.30. The van der Waals surface area contributed by atoms with Crippen LogP contribution in [0.4, 0.5) is 4.79 Å². The maximum absolute atomic E-state index is 11.9. The molecule has 0 radical (unpaired) electrons. The molecule has 0 aliphatic heterocycles. The average Bonchev–Trinajstić information content (AvgIpc) is 2.27. The zero-order valence-corrected chi connectivity index (χ0v) is 12.0. The largest absolute Gasteiger partial charge is 0.334 e. The summed E-state index contributed by atoms with van der Waals surface area (Å²) in [6.07, 6.45) is 4.74. The Morgan fingerprint density at radius 3 is 2.33 bits per heavy atom. The molecule has 1 aliphatic carbocycles. The standard InChI is InChI=1S/C14H25N3O/c1-5-11-6-8-14(10-15,9-7-11)17-12(18)16-13(2,3)4/h11H,5-9H2,1-4H3,(H2,16,17,18). The van der Waals surface area contributed by atoms with E-state index in [4.69, 9.17) is 0 Å². The molecule has 1 saturated carbocycles. The summed E-state index contributed by atoms with van der Waals surface area (Å²) in [6.45, 7) is 7.97. The van der Waals surface area contributed by atoms with Gasteiger partial charge in [0.25, 0.3) is 0 Å². The van der Waals surface area contributed by atoms with Gasteiger partial charge in [0.15, 0.2) is 0 Å². The van der Waals surface area contributed by atoms with Crippen molar-refractivity contribution >= 4 is 6.03 Å². The highest BCUT2D eigenvalue weighted by atomic mass is 16.2. The first kappa shape index (κ1) is 14.8. The Balaban J connectivity index is 2.58. The van der Waals surface area contributed by atoms with Crippen molar-refractivity contribution in [2.75, 3.05) is 0 Å². The molecular weight excluding hydrogens is 226 g/mol. The molecule has 2 N–H and O–H groups in total. The van der Waals surface area contributed by atoms with Crippen molar-refractivity contribution in [2.24, 2.45) is 5.92 Å². The molecular formula is C14H25N3O. The maximum atomic E-state index is 11.9. The molecule has 1 rings (SSSR count). The van der Waals surface area contributed by atoms with E-state index in [0.29, 0.717) is 5.92 Å². The molecule has 0 aromatic carbocycles. The van der Waals surface area contributed by atoms with Gasteiger partial charge >= 0.3 is 6.03 Å². The van der Waals surface area contributed by atoms with E-state index in [9.17, 15) is 10.1 Å². The second-order valence-electron chi connectivity index (χ2n) is 6.37. The van der Waals surface area contributed by atoms with Crippen LogP contribution in [0.2, 0.25) is 0 Å². The quantitative estimate of drug-likeness (QED) is 0.792. The fraction of sp³-hybridized carbons (Fsp3) is 0.857. The third-order valence-electron chi connectivity index (χ3n) is 3.59. The molecule has 18 heavy (non-hydrogen) atoms. The summed E-state index contributed by atoms with van der Waals surface area (Å²) in [7, 11) is 0. The lowest BCUT2D eigenvalue weighted by molar-refractivity contribution is 0.201. The predicted molar refractivity (Wildman–Crippen MR) is 72.0 cm³/mol. The second kappa shape index (κ2) is 5.60. The summed E-state index contributed by atoms with van der Waals surface area (Å²) in [5.41, 5.74) is -0.942. The molecule has 0 saturated heterocycles. The van der Waals surface area contributed by atoms with Gasteiger partial charge in [-0.25, -0.2) is 4.79 Å². The normalized spacial score (nSPS) is 28.3. The SMILES string of the molecule is CCC1CCC(C#N)(NC(=O)NC(C)(C)C)CC1. The third kappa shape index (κ3) is 4.21. The van der Waals surface area contributed by atoms with Crippen LogP contribution < -0.4 is 10.6 Å². The van der Waals surface area contributed by atoms with Crippen molar-refractivity contribution in [3.8, 4) is 6.07 Å². The van der Waals surface area contributed by atoms with Gasteiger partial charge in [-0.1, -0.05) is 13.3 Å². The van der Waals surface area contributed by atoms with Crippen molar-refractivity contribution in [3.05, 3.63) is 0 Å². The molecule has 4 nitrogen and oxygen atoms in total. The number of hydrogen-bond acceptors (Lipinski definition) is 2. The minimum atomic E-state index is -0.666. The zero-order chi connectivity index (χ0) is 13.8. The van der Waals surface area contributed by atoms with Crippen LogP contribution in [0.15, 0.2) is 0 Å². The number of carbonyl (C=O) groups is 1.